The van der Waals surface area contributed by atoms with Gasteiger partial charge in [-0.15, -0.1) is 0 Å². The van der Waals surface area contributed by atoms with Gasteiger partial charge in [0.1, 0.15) is 0 Å². The van der Waals surface area contributed by atoms with Gasteiger partial charge in [0.15, 0.2) is 0 Å². The maximum atomic E-state index is 2.51. The van der Waals surface area contributed by atoms with E-state index >= 15 is 0 Å². The van der Waals surface area contributed by atoms with Crippen LogP contribution in [-0.2, 0) is 0 Å². The molecule has 0 aromatic rings. The summed E-state index contributed by atoms with van der Waals surface area (Å²) >= 11 is 0. The van der Waals surface area contributed by atoms with Gasteiger partial charge < -0.3 is 14.2 Å². The van der Waals surface area contributed by atoms with E-state index in [-0.39, 0.29) is 0 Å². The molecule has 0 radical (unpaired) electrons. The molecule has 1 rings (SSSR count). The van der Waals surface area contributed by atoms with Crippen LogP contribution in [0.3, 0.4) is 0 Å². The van der Waals surface area contributed by atoms with Crippen LogP contribution < -0.4 is 0 Å². The zero-order valence-corrected chi connectivity index (χ0v) is 9.45. The highest BCUT2D eigenvalue weighted by atomic mass is 15.3. The molecule has 0 bridgehead atoms. The van der Waals surface area contributed by atoms with Crippen LogP contribution >= 0.6 is 0 Å². The Morgan fingerprint density at radius 2 is 1.38 bits per heavy atom. The lowest BCUT2D eigenvalue weighted by Gasteiger charge is -2.43. The Labute approximate surface area is 84.1 Å². The molecule has 0 atom stereocenters. The van der Waals surface area contributed by atoms with Crippen molar-refractivity contribution in [3.05, 3.63) is 0 Å². The van der Waals surface area contributed by atoms with Gasteiger partial charge in [-0.3, -0.25) is 0 Å². The summed E-state index contributed by atoms with van der Waals surface area (Å²) in [5.41, 5.74) is 0. The van der Waals surface area contributed by atoms with Crippen molar-refractivity contribution >= 4 is 22.1 Å². The average molecular weight is 179 g/mol. The highest BCUT2D eigenvalue weighted by Crippen LogP contribution is 2.07. The number of nitrogens with zero attached hydrogens (tertiary/aromatic N) is 3. The first-order valence-corrected chi connectivity index (χ1v) is 5.43. The maximum absolute atomic E-state index is 2.51. The monoisotopic (exact) mass is 179 g/mol. The average Bonchev–Trinajstić information content (AvgIpc) is 2.18. The molecule has 72 valence electrons. The molecule has 1 aliphatic heterocycles. The number of hydrogen-bond acceptors (Lipinski definition) is 3. The third-order valence-electron chi connectivity index (χ3n) is 3.08. The van der Waals surface area contributed by atoms with E-state index in [9.17, 15) is 0 Å². The Morgan fingerprint density at radius 3 is 1.69 bits per heavy atom. The number of rotatable bonds is 3. The van der Waals surface area contributed by atoms with Crippen molar-refractivity contribution in [2.24, 2.45) is 0 Å². The van der Waals surface area contributed by atoms with Crippen LogP contribution in [0.2, 0.25) is 6.82 Å². The highest BCUT2D eigenvalue weighted by Gasteiger charge is 2.32. The molecular formula is C7H20B3N3. The molecule has 0 aliphatic carbocycles. The van der Waals surface area contributed by atoms with Crippen LogP contribution in [0.1, 0.15) is 20.8 Å². The van der Waals surface area contributed by atoms with Crippen molar-refractivity contribution < 1.29 is 0 Å². The Hall–Kier alpha value is 0.0748. The predicted octanol–water partition coefficient (Wildman–Crippen LogP) is -0.383. The summed E-state index contributed by atoms with van der Waals surface area (Å²) in [6.45, 7) is 13.1. The van der Waals surface area contributed by atoms with Gasteiger partial charge in [0.2, 0.25) is 0 Å². The van der Waals surface area contributed by atoms with E-state index in [1.54, 1.807) is 0 Å². The summed E-state index contributed by atoms with van der Waals surface area (Å²) in [4.78, 5) is 0. The Kier molecular flexibility index (Phi) is 4.36. The second kappa shape index (κ2) is 5.08. The van der Waals surface area contributed by atoms with Crippen LogP contribution in [0.25, 0.3) is 0 Å². The molecule has 1 aliphatic rings. The lowest BCUT2D eigenvalue weighted by molar-refractivity contribution is 0.490. The van der Waals surface area contributed by atoms with Gasteiger partial charge in [-0.2, -0.15) is 0 Å². The van der Waals surface area contributed by atoms with Gasteiger partial charge in [-0.05, 0) is 19.6 Å². The second-order valence-electron chi connectivity index (χ2n) is 3.71. The van der Waals surface area contributed by atoms with Gasteiger partial charge in [0, 0.05) is 0 Å². The minimum absolute atomic E-state index is 0.609. The van der Waals surface area contributed by atoms with E-state index in [1.165, 1.54) is 0 Å². The standard InChI is InChI=1S/C7H20B3N3/c1-5-11-8-12(6-2)10(4)13(7-3)9-11/h8-9H,5-7H2,1-4H3. The molecule has 6 heteroatoms. The molecule has 13 heavy (non-hydrogen) atoms. The lowest BCUT2D eigenvalue weighted by Crippen LogP contribution is -2.66. The summed E-state index contributed by atoms with van der Waals surface area (Å²) in [6, 6.07) is 0. The van der Waals surface area contributed by atoms with Crippen LogP contribution in [0.4, 0.5) is 0 Å². The lowest BCUT2D eigenvalue weighted by atomic mass is 9.60. The van der Waals surface area contributed by atoms with E-state index in [0.29, 0.717) is 6.98 Å². The van der Waals surface area contributed by atoms with Gasteiger partial charge >= 0.3 is 0 Å². The molecule has 3 nitrogen and oxygen atoms in total. The molecule has 0 amide bonds. The van der Waals surface area contributed by atoms with Crippen molar-refractivity contribution in [2.45, 2.75) is 27.6 Å². The van der Waals surface area contributed by atoms with Crippen LogP contribution in [0, 0.1) is 0 Å². The highest BCUT2D eigenvalue weighted by molar-refractivity contribution is 6.73. The molecule has 1 fully saturated rings. The third-order valence-corrected chi connectivity index (χ3v) is 3.08. The Morgan fingerprint density at radius 1 is 0.923 bits per heavy atom. The van der Waals surface area contributed by atoms with Crippen molar-refractivity contribution in [3.63, 3.8) is 0 Å². The summed E-state index contributed by atoms with van der Waals surface area (Å²) in [5, 5.41) is 0. The van der Waals surface area contributed by atoms with Gasteiger partial charge in [-0.25, -0.2) is 0 Å². The molecule has 0 aromatic carbocycles. The van der Waals surface area contributed by atoms with E-state index < -0.39 is 0 Å². The van der Waals surface area contributed by atoms with Crippen molar-refractivity contribution in [1.82, 2.24) is 14.2 Å². The fourth-order valence-electron chi connectivity index (χ4n) is 1.95. The van der Waals surface area contributed by atoms with E-state index in [4.69, 9.17) is 0 Å². The van der Waals surface area contributed by atoms with Crippen molar-refractivity contribution in [1.29, 1.82) is 0 Å². The summed E-state index contributed by atoms with van der Waals surface area (Å²) in [7, 11) is 2.26. The molecule has 0 N–H and O–H groups in total. The summed E-state index contributed by atoms with van der Waals surface area (Å²) in [6.07, 6.45) is 0. The molecule has 1 saturated heterocycles. The Bertz CT molecular complexity index is 144. The smallest absolute Gasteiger partial charge is 0.286 e. The fraction of sp³-hybridized carbons (Fsp3) is 1.00. The van der Waals surface area contributed by atoms with E-state index in [1.807, 2.05) is 0 Å². The molecule has 0 spiro atoms. The summed E-state index contributed by atoms with van der Waals surface area (Å²) < 4.78 is 7.50. The topological polar surface area (TPSA) is 9.72 Å². The third kappa shape index (κ3) is 2.52. The first kappa shape index (κ1) is 11.2. The van der Waals surface area contributed by atoms with Crippen molar-refractivity contribution in [3.8, 4) is 0 Å². The molecular weight excluding hydrogens is 159 g/mol. The van der Waals surface area contributed by atoms with Crippen LogP contribution in [-0.4, -0.2) is 55.9 Å². The van der Waals surface area contributed by atoms with E-state index in [2.05, 4.69) is 41.8 Å². The summed E-state index contributed by atoms with van der Waals surface area (Å²) in [5.74, 6) is 0. The predicted molar refractivity (Wildman–Crippen MR) is 63.1 cm³/mol. The fourth-order valence-corrected chi connectivity index (χ4v) is 1.95. The van der Waals surface area contributed by atoms with Crippen LogP contribution in [0.15, 0.2) is 0 Å². The molecule has 0 aromatic heterocycles. The van der Waals surface area contributed by atoms with E-state index in [0.717, 1.165) is 34.7 Å². The minimum atomic E-state index is 0.609. The first-order valence-electron chi connectivity index (χ1n) is 5.43. The van der Waals surface area contributed by atoms with Gasteiger partial charge in [-0.1, -0.05) is 27.6 Å². The normalized spacial score (nSPS) is 21.4. The van der Waals surface area contributed by atoms with Crippen LogP contribution in [0.5, 0.6) is 0 Å². The van der Waals surface area contributed by atoms with Gasteiger partial charge in [0.05, 0.1) is 0 Å². The van der Waals surface area contributed by atoms with Crippen molar-refractivity contribution in [2.75, 3.05) is 19.6 Å². The SMILES string of the molecule is CCN1BN(CC)B(C)N(CC)B1. The quantitative estimate of drug-likeness (QED) is 0.546. The minimum Gasteiger partial charge on any atom is -0.363 e. The maximum Gasteiger partial charge on any atom is 0.286 e. The zero-order valence-electron chi connectivity index (χ0n) is 9.45. The second-order valence-corrected chi connectivity index (χ2v) is 3.71. The number of hydrogen-bond donors (Lipinski definition) is 0. The molecule has 0 unspecified atom stereocenters. The Balaban J connectivity index is 2.56. The first-order chi connectivity index (χ1) is 6.22. The zero-order chi connectivity index (χ0) is 9.84. The van der Waals surface area contributed by atoms with Gasteiger partial charge in [0.25, 0.3) is 22.1 Å². The molecule has 0 saturated carbocycles. The molecule has 1 heterocycles. The largest absolute Gasteiger partial charge is 0.363 e.